The van der Waals surface area contributed by atoms with Gasteiger partial charge in [0.1, 0.15) is 11.6 Å². The van der Waals surface area contributed by atoms with Gasteiger partial charge in [-0.1, -0.05) is 61.9 Å². The van der Waals surface area contributed by atoms with Crippen molar-refractivity contribution in [1.29, 1.82) is 0 Å². The number of thioether (sulfide) groups is 1. The molecular formula is C20H29N3O3S. The maximum Gasteiger partial charge on any atom is 0.408 e. The molecule has 0 bridgehead atoms. The standard InChI is InChI=1S/C20H29N3O3S/c1-7-14(3)16(21-18(24)26-20(4,5)6)17-22-23-19(25-17)27-12-15-10-8-9-13(2)11-15/h8-11,14,16H,7,12H2,1-6H3,(H,21,24)/t14-,16+/m1/s1. The first-order valence-corrected chi connectivity index (χ1v) is 10.2. The molecule has 148 valence electrons. The van der Waals surface area contributed by atoms with Crippen molar-refractivity contribution in [3.63, 3.8) is 0 Å². The zero-order valence-corrected chi connectivity index (χ0v) is 17.7. The zero-order valence-electron chi connectivity index (χ0n) is 16.9. The molecule has 0 saturated carbocycles. The number of benzene rings is 1. The number of carbonyl (C=O) groups is 1. The molecule has 7 heteroatoms. The number of carbonyl (C=O) groups excluding carboxylic acids is 1. The molecule has 2 atom stereocenters. The first-order valence-electron chi connectivity index (χ1n) is 9.19. The van der Waals surface area contributed by atoms with Gasteiger partial charge in [-0.15, -0.1) is 10.2 Å². The van der Waals surface area contributed by atoms with Crippen LogP contribution in [-0.4, -0.2) is 21.9 Å². The zero-order chi connectivity index (χ0) is 20.0. The van der Waals surface area contributed by atoms with Crippen LogP contribution in [0.4, 0.5) is 4.79 Å². The maximum absolute atomic E-state index is 12.2. The monoisotopic (exact) mass is 391 g/mol. The summed E-state index contributed by atoms with van der Waals surface area (Å²) in [6.07, 6.45) is 0.370. The number of hydrogen-bond acceptors (Lipinski definition) is 6. The van der Waals surface area contributed by atoms with E-state index in [2.05, 4.69) is 47.6 Å². The van der Waals surface area contributed by atoms with E-state index in [0.717, 1.165) is 12.2 Å². The van der Waals surface area contributed by atoms with Gasteiger partial charge >= 0.3 is 6.09 Å². The second-order valence-electron chi connectivity index (χ2n) is 7.69. The van der Waals surface area contributed by atoms with Crippen molar-refractivity contribution < 1.29 is 13.9 Å². The van der Waals surface area contributed by atoms with Crippen molar-refractivity contribution >= 4 is 17.9 Å². The fourth-order valence-corrected chi connectivity index (χ4v) is 3.18. The number of amides is 1. The average molecular weight is 392 g/mol. The van der Waals surface area contributed by atoms with Crippen LogP contribution >= 0.6 is 11.8 Å². The van der Waals surface area contributed by atoms with Crippen LogP contribution in [0, 0.1) is 12.8 Å². The molecule has 0 aliphatic carbocycles. The summed E-state index contributed by atoms with van der Waals surface area (Å²) in [4.78, 5) is 12.2. The molecular weight excluding hydrogens is 362 g/mol. The van der Waals surface area contributed by atoms with Gasteiger partial charge < -0.3 is 14.5 Å². The van der Waals surface area contributed by atoms with Gasteiger partial charge in [-0.3, -0.25) is 0 Å². The van der Waals surface area contributed by atoms with Crippen molar-refractivity contribution in [2.24, 2.45) is 5.92 Å². The third-order valence-corrected chi connectivity index (χ3v) is 4.91. The number of aryl methyl sites for hydroxylation is 1. The van der Waals surface area contributed by atoms with Gasteiger partial charge in [0.05, 0.1) is 0 Å². The minimum atomic E-state index is -0.562. The molecule has 0 saturated heterocycles. The van der Waals surface area contributed by atoms with E-state index in [1.54, 1.807) is 0 Å². The molecule has 2 aromatic rings. The Balaban J connectivity index is 2.05. The van der Waals surface area contributed by atoms with Crippen LogP contribution in [0.2, 0.25) is 0 Å². The number of aromatic nitrogens is 2. The van der Waals surface area contributed by atoms with Crippen LogP contribution in [0.15, 0.2) is 33.9 Å². The molecule has 0 radical (unpaired) electrons. The molecule has 0 fully saturated rings. The van der Waals surface area contributed by atoms with Gasteiger partial charge in [-0.25, -0.2) is 4.79 Å². The molecule has 0 aliphatic heterocycles. The molecule has 1 aromatic carbocycles. The van der Waals surface area contributed by atoms with E-state index in [9.17, 15) is 4.79 Å². The molecule has 0 unspecified atom stereocenters. The number of alkyl carbamates (subject to hydrolysis) is 1. The fourth-order valence-electron chi connectivity index (χ4n) is 2.47. The van der Waals surface area contributed by atoms with Crippen LogP contribution in [0.3, 0.4) is 0 Å². The van der Waals surface area contributed by atoms with E-state index in [-0.39, 0.29) is 12.0 Å². The van der Waals surface area contributed by atoms with Crippen LogP contribution < -0.4 is 5.32 Å². The summed E-state index contributed by atoms with van der Waals surface area (Å²) in [6.45, 7) is 11.6. The Labute approximate surface area is 165 Å². The third kappa shape index (κ3) is 6.90. The van der Waals surface area contributed by atoms with Crippen molar-refractivity contribution in [3.8, 4) is 0 Å². The average Bonchev–Trinajstić information content (AvgIpc) is 3.04. The maximum atomic E-state index is 12.2. The highest BCUT2D eigenvalue weighted by molar-refractivity contribution is 7.98. The van der Waals surface area contributed by atoms with Gasteiger partial charge in [0.25, 0.3) is 5.22 Å². The summed E-state index contributed by atoms with van der Waals surface area (Å²) in [5.41, 5.74) is 1.86. The molecule has 1 aromatic heterocycles. The van der Waals surface area contributed by atoms with E-state index in [0.29, 0.717) is 11.1 Å². The van der Waals surface area contributed by atoms with E-state index < -0.39 is 11.7 Å². The number of hydrogen-bond donors (Lipinski definition) is 1. The highest BCUT2D eigenvalue weighted by Gasteiger charge is 2.28. The second-order valence-corrected chi connectivity index (χ2v) is 8.62. The molecule has 27 heavy (non-hydrogen) atoms. The van der Waals surface area contributed by atoms with Crippen molar-refractivity contribution in [3.05, 3.63) is 41.3 Å². The van der Waals surface area contributed by atoms with Gasteiger partial charge in [0.2, 0.25) is 5.89 Å². The first kappa shape index (κ1) is 21.3. The van der Waals surface area contributed by atoms with E-state index in [1.807, 2.05) is 33.8 Å². The van der Waals surface area contributed by atoms with E-state index in [1.165, 1.54) is 22.9 Å². The van der Waals surface area contributed by atoms with Gasteiger partial charge in [-0.05, 0) is 39.2 Å². The van der Waals surface area contributed by atoms with Crippen molar-refractivity contribution in [1.82, 2.24) is 15.5 Å². The van der Waals surface area contributed by atoms with Crippen molar-refractivity contribution in [2.75, 3.05) is 0 Å². The van der Waals surface area contributed by atoms with Crippen LogP contribution in [0.5, 0.6) is 0 Å². The van der Waals surface area contributed by atoms with Gasteiger partial charge in [0, 0.05) is 5.75 Å². The lowest BCUT2D eigenvalue weighted by molar-refractivity contribution is 0.0474. The van der Waals surface area contributed by atoms with E-state index in [4.69, 9.17) is 9.15 Å². The smallest absolute Gasteiger partial charge is 0.408 e. The lowest BCUT2D eigenvalue weighted by Crippen LogP contribution is -2.37. The molecule has 1 amide bonds. The Hall–Kier alpha value is -2.02. The molecule has 6 nitrogen and oxygen atoms in total. The number of nitrogens with zero attached hydrogens (tertiary/aromatic N) is 2. The minimum Gasteiger partial charge on any atom is -0.444 e. The second kappa shape index (κ2) is 9.26. The predicted molar refractivity (Wildman–Crippen MR) is 107 cm³/mol. The SMILES string of the molecule is CC[C@@H](C)[C@H](NC(=O)OC(C)(C)C)c1nnc(SCc2cccc(C)c2)o1. The predicted octanol–water partition coefficient (Wildman–Crippen LogP) is 5.28. The molecule has 0 aliphatic rings. The third-order valence-electron chi connectivity index (χ3n) is 4.02. The highest BCUT2D eigenvalue weighted by Crippen LogP contribution is 2.28. The fraction of sp³-hybridized carbons (Fsp3) is 0.550. The summed E-state index contributed by atoms with van der Waals surface area (Å²) in [5.74, 6) is 1.28. The van der Waals surface area contributed by atoms with Crippen molar-refractivity contribution in [2.45, 2.75) is 70.6 Å². The quantitative estimate of drug-likeness (QED) is 0.647. The number of rotatable bonds is 7. The van der Waals surface area contributed by atoms with Crippen LogP contribution in [0.25, 0.3) is 0 Å². The topological polar surface area (TPSA) is 77.2 Å². The lowest BCUT2D eigenvalue weighted by Gasteiger charge is -2.24. The van der Waals surface area contributed by atoms with Gasteiger partial charge in [-0.2, -0.15) is 0 Å². The number of nitrogens with one attached hydrogen (secondary N) is 1. The Morgan fingerprint density at radius 2 is 2.07 bits per heavy atom. The molecule has 2 rings (SSSR count). The summed E-state index contributed by atoms with van der Waals surface area (Å²) in [5, 5.41) is 11.6. The lowest BCUT2D eigenvalue weighted by atomic mass is 9.99. The van der Waals surface area contributed by atoms with Crippen LogP contribution in [0.1, 0.15) is 64.1 Å². The summed E-state index contributed by atoms with van der Waals surface area (Å²) < 4.78 is 11.2. The number of ether oxygens (including phenoxy) is 1. The Morgan fingerprint density at radius 3 is 2.70 bits per heavy atom. The Bertz CT molecular complexity index is 755. The summed E-state index contributed by atoms with van der Waals surface area (Å²) in [6, 6.07) is 7.93. The van der Waals surface area contributed by atoms with Crippen LogP contribution in [-0.2, 0) is 10.5 Å². The van der Waals surface area contributed by atoms with E-state index >= 15 is 0 Å². The molecule has 1 heterocycles. The molecule has 0 spiro atoms. The summed E-state index contributed by atoms with van der Waals surface area (Å²) in [7, 11) is 0. The minimum absolute atomic E-state index is 0.132. The largest absolute Gasteiger partial charge is 0.444 e. The highest BCUT2D eigenvalue weighted by atomic mass is 32.2. The molecule has 1 N–H and O–H groups in total. The summed E-state index contributed by atoms with van der Waals surface area (Å²) >= 11 is 1.48. The normalized spacial score (nSPS) is 13.9. The Morgan fingerprint density at radius 1 is 1.33 bits per heavy atom. The van der Waals surface area contributed by atoms with Gasteiger partial charge in [0.15, 0.2) is 0 Å². The first-order chi connectivity index (χ1) is 12.7. The Kier molecular flexibility index (Phi) is 7.30.